The van der Waals surface area contributed by atoms with Crippen molar-refractivity contribution in [3.63, 3.8) is 0 Å². The summed E-state index contributed by atoms with van der Waals surface area (Å²) in [6.45, 7) is 5.04. The number of amides is 1. The van der Waals surface area contributed by atoms with Crippen LogP contribution in [0.1, 0.15) is 39.0 Å². The first kappa shape index (κ1) is 19.2. The smallest absolute Gasteiger partial charge is 0.272 e. The highest BCUT2D eigenvalue weighted by Crippen LogP contribution is 2.31. The molecule has 6 heteroatoms. The van der Waals surface area contributed by atoms with Gasteiger partial charge in [-0.3, -0.25) is 9.59 Å². The van der Waals surface area contributed by atoms with Gasteiger partial charge in [0.1, 0.15) is 11.4 Å². The summed E-state index contributed by atoms with van der Waals surface area (Å²) in [6.07, 6.45) is 0. The standard InChI is InChI=1S/C22H22N2O4/c1-13-20(15(3)25)14(2)23-21(13)22(26)24-16-9-11-17(12-10-16)28-19-8-6-5-7-18(19)27-4/h5-12,23H,1-4H3,(H,24,26). The number of H-pyrrole nitrogens is 1. The number of hydrogen-bond acceptors (Lipinski definition) is 4. The number of ether oxygens (including phenoxy) is 2. The molecule has 0 aliphatic rings. The Labute approximate surface area is 163 Å². The van der Waals surface area contributed by atoms with Gasteiger partial charge < -0.3 is 19.8 Å². The first-order valence-corrected chi connectivity index (χ1v) is 8.83. The molecular formula is C22H22N2O4. The molecule has 1 heterocycles. The molecule has 3 aromatic rings. The number of hydrogen-bond donors (Lipinski definition) is 2. The van der Waals surface area contributed by atoms with E-state index in [1.54, 1.807) is 45.2 Å². The van der Waals surface area contributed by atoms with Gasteiger partial charge in [-0.2, -0.15) is 0 Å². The predicted molar refractivity (Wildman–Crippen MR) is 108 cm³/mol. The summed E-state index contributed by atoms with van der Waals surface area (Å²) in [5, 5.41) is 2.83. The van der Waals surface area contributed by atoms with Crippen LogP contribution >= 0.6 is 0 Å². The summed E-state index contributed by atoms with van der Waals surface area (Å²) in [4.78, 5) is 27.3. The molecule has 144 valence electrons. The number of benzene rings is 2. The van der Waals surface area contributed by atoms with Crippen molar-refractivity contribution in [1.29, 1.82) is 0 Å². The number of methoxy groups -OCH3 is 1. The number of anilines is 1. The molecule has 6 nitrogen and oxygen atoms in total. The Hall–Kier alpha value is -3.54. The van der Waals surface area contributed by atoms with Crippen LogP contribution in [0.2, 0.25) is 0 Å². The lowest BCUT2D eigenvalue weighted by Gasteiger charge is -2.11. The first-order chi connectivity index (χ1) is 13.4. The second-order valence-corrected chi connectivity index (χ2v) is 6.41. The minimum absolute atomic E-state index is 0.0665. The van der Waals surface area contributed by atoms with E-state index in [0.29, 0.717) is 45.5 Å². The molecule has 0 unspecified atom stereocenters. The fourth-order valence-electron chi connectivity index (χ4n) is 3.14. The number of carbonyl (C=O) groups excluding carboxylic acids is 2. The number of ketones is 1. The van der Waals surface area contributed by atoms with Gasteiger partial charge >= 0.3 is 0 Å². The SMILES string of the molecule is COc1ccccc1Oc1ccc(NC(=O)c2[nH]c(C)c(C(C)=O)c2C)cc1. The fraction of sp³-hybridized carbons (Fsp3) is 0.182. The lowest BCUT2D eigenvalue weighted by atomic mass is 10.1. The molecule has 1 amide bonds. The van der Waals surface area contributed by atoms with Gasteiger partial charge in [0.25, 0.3) is 5.91 Å². The quantitative estimate of drug-likeness (QED) is 0.599. The van der Waals surface area contributed by atoms with Gasteiger partial charge in [0.15, 0.2) is 17.3 Å². The Morgan fingerprint density at radius 2 is 1.61 bits per heavy atom. The third-order valence-electron chi connectivity index (χ3n) is 4.43. The van der Waals surface area contributed by atoms with Crippen LogP contribution in [-0.4, -0.2) is 23.8 Å². The summed E-state index contributed by atoms with van der Waals surface area (Å²) in [5.41, 5.74) is 2.91. The number of carbonyl (C=O) groups is 2. The zero-order valence-electron chi connectivity index (χ0n) is 16.3. The van der Waals surface area contributed by atoms with Crippen molar-refractivity contribution in [1.82, 2.24) is 4.98 Å². The van der Waals surface area contributed by atoms with Crippen LogP contribution in [0.5, 0.6) is 17.2 Å². The number of Topliss-reactive ketones (excluding diaryl/α,β-unsaturated/α-hetero) is 1. The summed E-state index contributed by atoms with van der Waals surface area (Å²) >= 11 is 0. The second kappa shape index (κ2) is 8.00. The molecule has 0 fully saturated rings. The van der Waals surface area contributed by atoms with E-state index in [4.69, 9.17) is 9.47 Å². The second-order valence-electron chi connectivity index (χ2n) is 6.41. The molecule has 2 aromatic carbocycles. The molecule has 0 saturated heterocycles. The predicted octanol–water partition coefficient (Wildman–Crippen LogP) is 4.89. The first-order valence-electron chi connectivity index (χ1n) is 8.83. The van der Waals surface area contributed by atoms with Crippen LogP contribution in [0.15, 0.2) is 48.5 Å². The van der Waals surface area contributed by atoms with Crippen LogP contribution in [0.3, 0.4) is 0 Å². The summed E-state index contributed by atoms with van der Waals surface area (Å²) in [6, 6.07) is 14.4. The van der Waals surface area contributed by atoms with E-state index in [2.05, 4.69) is 10.3 Å². The van der Waals surface area contributed by atoms with Gasteiger partial charge in [-0.15, -0.1) is 0 Å². The summed E-state index contributed by atoms with van der Waals surface area (Å²) in [5.74, 6) is 1.50. The molecule has 28 heavy (non-hydrogen) atoms. The van der Waals surface area contributed by atoms with E-state index in [9.17, 15) is 9.59 Å². The Kier molecular flexibility index (Phi) is 5.49. The minimum atomic E-state index is -0.300. The molecule has 0 aliphatic carbocycles. The molecule has 3 rings (SSSR count). The highest BCUT2D eigenvalue weighted by atomic mass is 16.5. The molecule has 0 radical (unpaired) electrons. The molecule has 2 N–H and O–H groups in total. The highest BCUT2D eigenvalue weighted by molar-refractivity contribution is 6.07. The molecule has 0 spiro atoms. The molecule has 0 aliphatic heterocycles. The van der Waals surface area contributed by atoms with Crippen LogP contribution < -0.4 is 14.8 Å². The molecule has 0 bridgehead atoms. The van der Waals surface area contributed by atoms with Gasteiger partial charge in [0, 0.05) is 16.9 Å². The van der Waals surface area contributed by atoms with Crippen molar-refractivity contribution in [2.45, 2.75) is 20.8 Å². The van der Waals surface area contributed by atoms with E-state index in [1.165, 1.54) is 6.92 Å². The van der Waals surface area contributed by atoms with Crippen LogP contribution in [0.4, 0.5) is 5.69 Å². The Morgan fingerprint density at radius 1 is 0.964 bits per heavy atom. The van der Waals surface area contributed by atoms with Gasteiger partial charge in [0.05, 0.1) is 7.11 Å². The number of aromatic amines is 1. The number of para-hydroxylation sites is 2. The highest BCUT2D eigenvalue weighted by Gasteiger charge is 2.19. The summed E-state index contributed by atoms with van der Waals surface area (Å²) < 4.78 is 11.1. The number of aryl methyl sites for hydroxylation is 1. The van der Waals surface area contributed by atoms with E-state index >= 15 is 0 Å². The topological polar surface area (TPSA) is 80.4 Å². The minimum Gasteiger partial charge on any atom is -0.493 e. The van der Waals surface area contributed by atoms with E-state index in [0.717, 1.165) is 0 Å². The molecule has 0 saturated carbocycles. The molecule has 1 aromatic heterocycles. The Morgan fingerprint density at radius 3 is 2.18 bits per heavy atom. The Balaban J connectivity index is 1.73. The Bertz CT molecular complexity index is 1020. The largest absolute Gasteiger partial charge is 0.493 e. The molecular weight excluding hydrogens is 356 g/mol. The van der Waals surface area contributed by atoms with Crippen molar-refractivity contribution in [2.24, 2.45) is 0 Å². The normalized spacial score (nSPS) is 10.4. The average Bonchev–Trinajstić information content (AvgIpc) is 2.98. The maximum absolute atomic E-state index is 12.6. The van der Waals surface area contributed by atoms with E-state index in [-0.39, 0.29) is 11.7 Å². The van der Waals surface area contributed by atoms with Crippen molar-refractivity contribution in [2.75, 3.05) is 12.4 Å². The summed E-state index contributed by atoms with van der Waals surface area (Å²) in [7, 11) is 1.59. The monoisotopic (exact) mass is 378 g/mol. The van der Waals surface area contributed by atoms with Crippen molar-refractivity contribution >= 4 is 17.4 Å². The van der Waals surface area contributed by atoms with Crippen LogP contribution in [0.25, 0.3) is 0 Å². The fourth-order valence-corrected chi connectivity index (χ4v) is 3.14. The van der Waals surface area contributed by atoms with Crippen LogP contribution in [-0.2, 0) is 0 Å². The lowest BCUT2D eigenvalue weighted by Crippen LogP contribution is -2.13. The van der Waals surface area contributed by atoms with Gasteiger partial charge in [-0.25, -0.2) is 0 Å². The van der Waals surface area contributed by atoms with Crippen molar-refractivity contribution < 1.29 is 19.1 Å². The third kappa shape index (κ3) is 3.91. The van der Waals surface area contributed by atoms with E-state index < -0.39 is 0 Å². The number of aromatic nitrogens is 1. The van der Waals surface area contributed by atoms with Crippen molar-refractivity contribution in [3.8, 4) is 17.2 Å². The average molecular weight is 378 g/mol. The number of rotatable bonds is 6. The van der Waals surface area contributed by atoms with E-state index in [1.807, 2.05) is 24.3 Å². The van der Waals surface area contributed by atoms with Gasteiger partial charge in [-0.05, 0) is 62.7 Å². The maximum atomic E-state index is 12.6. The zero-order chi connectivity index (χ0) is 20.3. The van der Waals surface area contributed by atoms with Crippen molar-refractivity contribution in [3.05, 3.63) is 71.0 Å². The van der Waals surface area contributed by atoms with Gasteiger partial charge in [0.2, 0.25) is 0 Å². The zero-order valence-corrected chi connectivity index (χ0v) is 16.3. The van der Waals surface area contributed by atoms with Gasteiger partial charge in [-0.1, -0.05) is 12.1 Å². The lowest BCUT2D eigenvalue weighted by molar-refractivity contribution is 0.101. The third-order valence-corrected chi connectivity index (χ3v) is 4.43. The number of nitrogens with one attached hydrogen (secondary N) is 2. The maximum Gasteiger partial charge on any atom is 0.272 e. The molecule has 0 atom stereocenters. The van der Waals surface area contributed by atoms with Crippen LogP contribution in [0, 0.1) is 13.8 Å².